The summed E-state index contributed by atoms with van der Waals surface area (Å²) in [4.78, 5) is 0. The minimum absolute atomic E-state index is 0.574. The zero-order valence-corrected chi connectivity index (χ0v) is 9.03. The van der Waals surface area contributed by atoms with Crippen LogP contribution in [-0.4, -0.2) is 16.3 Å². The van der Waals surface area contributed by atoms with Gasteiger partial charge in [0.25, 0.3) is 0 Å². The van der Waals surface area contributed by atoms with Crippen LogP contribution < -0.4 is 5.73 Å². The first-order chi connectivity index (χ1) is 6.74. The van der Waals surface area contributed by atoms with Gasteiger partial charge in [-0.3, -0.25) is 4.68 Å². The van der Waals surface area contributed by atoms with Crippen molar-refractivity contribution >= 4 is 0 Å². The highest BCUT2D eigenvalue weighted by molar-refractivity contribution is 5.25. The summed E-state index contributed by atoms with van der Waals surface area (Å²) in [5.74, 6) is 1.20. The molecular formula is C11H19N3. The van der Waals surface area contributed by atoms with Crippen molar-refractivity contribution in [3.8, 4) is 0 Å². The summed E-state index contributed by atoms with van der Waals surface area (Å²) in [7, 11) is 2.04. The van der Waals surface area contributed by atoms with Gasteiger partial charge in [-0.2, -0.15) is 5.10 Å². The van der Waals surface area contributed by atoms with Gasteiger partial charge < -0.3 is 5.73 Å². The average Bonchev–Trinajstić information content (AvgIpc) is 2.59. The summed E-state index contributed by atoms with van der Waals surface area (Å²) in [5.41, 5.74) is 8.61. The van der Waals surface area contributed by atoms with Gasteiger partial charge in [-0.15, -0.1) is 0 Å². The number of nitrogens with zero attached hydrogens (tertiary/aromatic N) is 2. The molecule has 0 spiro atoms. The van der Waals surface area contributed by atoms with Crippen LogP contribution in [0.1, 0.15) is 36.9 Å². The SMILES string of the molecule is CC(CN)C1CCCc2cnn(C)c21. The second-order valence-corrected chi connectivity index (χ2v) is 4.39. The van der Waals surface area contributed by atoms with Gasteiger partial charge in [-0.25, -0.2) is 0 Å². The molecule has 0 amide bonds. The topological polar surface area (TPSA) is 43.8 Å². The Hall–Kier alpha value is -0.830. The van der Waals surface area contributed by atoms with E-state index in [9.17, 15) is 0 Å². The molecule has 0 radical (unpaired) electrons. The highest BCUT2D eigenvalue weighted by Gasteiger charge is 2.27. The Bertz CT molecular complexity index is 316. The monoisotopic (exact) mass is 193 g/mol. The minimum atomic E-state index is 0.574. The quantitative estimate of drug-likeness (QED) is 0.772. The van der Waals surface area contributed by atoms with Crippen LogP contribution in [0.25, 0.3) is 0 Å². The Morgan fingerprint density at radius 1 is 1.71 bits per heavy atom. The third-order valence-electron chi connectivity index (χ3n) is 3.44. The number of nitrogens with two attached hydrogens (primary N) is 1. The maximum atomic E-state index is 5.75. The Kier molecular flexibility index (Phi) is 2.59. The van der Waals surface area contributed by atoms with Crippen molar-refractivity contribution in [2.75, 3.05) is 6.54 Å². The number of hydrogen-bond acceptors (Lipinski definition) is 2. The largest absolute Gasteiger partial charge is 0.330 e. The summed E-state index contributed by atoms with van der Waals surface area (Å²) in [5, 5.41) is 4.34. The Labute approximate surface area is 85.3 Å². The fraction of sp³-hybridized carbons (Fsp3) is 0.727. The van der Waals surface area contributed by atoms with Crippen LogP contribution in [0, 0.1) is 5.92 Å². The van der Waals surface area contributed by atoms with Crippen LogP contribution in [0.3, 0.4) is 0 Å². The van der Waals surface area contributed by atoms with Crippen molar-refractivity contribution in [1.82, 2.24) is 9.78 Å². The van der Waals surface area contributed by atoms with Gasteiger partial charge in [0.15, 0.2) is 0 Å². The van der Waals surface area contributed by atoms with Crippen molar-refractivity contribution in [3.63, 3.8) is 0 Å². The lowest BCUT2D eigenvalue weighted by atomic mass is 9.80. The summed E-state index contributed by atoms with van der Waals surface area (Å²) in [6.07, 6.45) is 5.76. The van der Waals surface area contributed by atoms with Gasteiger partial charge in [0.2, 0.25) is 0 Å². The van der Waals surface area contributed by atoms with Crippen molar-refractivity contribution in [2.45, 2.75) is 32.1 Å². The van der Waals surface area contributed by atoms with Gasteiger partial charge in [0.05, 0.1) is 6.20 Å². The van der Waals surface area contributed by atoms with E-state index >= 15 is 0 Å². The molecule has 78 valence electrons. The predicted molar refractivity (Wildman–Crippen MR) is 57.1 cm³/mol. The Morgan fingerprint density at radius 2 is 2.50 bits per heavy atom. The summed E-state index contributed by atoms with van der Waals surface area (Å²) >= 11 is 0. The lowest BCUT2D eigenvalue weighted by molar-refractivity contribution is 0.392. The van der Waals surface area contributed by atoms with E-state index in [1.54, 1.807) is 0 Å². The lowest BCUT2D eigenvalue weighted by Gasteiger charge is -2.27. The Morgan fingerprint density at radius 3 is 3.21 bits per heavy atom. The van der Waals surface area contributed by atoms with E-state index in [0.717, 1.165) is 6.54 Å². The number of rotatable bonds is 2. The van der Waals surface area contributed by atoms with Gasteiger partial charge >= 0.3 is 0 Å². The highest BCUT2D eigenvalue weighted by atomic mass is 15.3. The zero-order valence-electron chi connectivity index (χ0n) is 9.03. The molecule has 2 unspecified atom stereocenters. The van der Waals surface area contributed by atoms with Crippen LogP contribution in [0.4, 0.5) is 0 Å². The molecule has 0 aromatic carbocycles. The third-order valence-corrected chi connectivity index (χ3v) is 3.44. The molecule has 2 rings (SSSR count). The molecule has 3 nitrogen and oxygen atoms in total. The van der Waals surface area contributed by atoms with Crippen molar-refractivity contribution in [3.05, 3.63) is 17.5 Å². The van der Waals surface area contributed by atoms with E-state index in [0.29, 0.717) is 11.8 Å². The molecule has 2 N–H and O–H groups in total. The van der Waals surface area contributed by atoms with Gasteiger partial charge in [0.1, 0.15) is 0 Å². The third kappa shape index (κ3) is 1.46. The first-order valence-electron chi connectivity index (χ1n) is 5.45. The Balaban J connectivity index is 2.34. The number of fused-ring (bicyclic) bond motifs is 1. The van der Waals surface area contributed by atoms with Crippen LogP contribution in [-0.2, 0) is 13.5 Å². The first-order valence-corrected chi connectivity index (χ1v) is 5.45. The second-order valence-electron chi connectivity index (χ2n) is 4.39. The van der Waals surface area contributed by atoms with E-state index in [4.69, 9.17) is 5.73 Å². The van der Waals surface area contributed by atoms with Gasteiger partial charge in [0, 0.05) is 18.7 Å². The molecule has 0 saturated carbocycles. The van der Waals surface area contributed by atoms with Gasteiger partial charge in [-0.1, -0.05) is 6.92 Å². The molecule has 14 heavy (non-hydrogen) atoms. The van der Waals surface area contributed by atoms with Crippen LogP contribution in [0.2, 0.25) is 0 Å². The molecule has 0 bridgehead atoms. The van der Waals surface area contributed by atoms with Crippen molar-refractivity contribution < 1.29 is 0 Å². The molecule has 0 aliphatic heterocycles. The maximum Gasteiger partial charge on any atom is 0.0524 e. The van der Waals surface area contributed by atoms with Crippen LogP contribution in [0.5, 0.6) is 0 Å². The van der Waals surface area contributed by atoms with E-state index in [1.807, 2.05) is 17.9 Å². The molecule has 0 fully saturated rings. The normalized spacial score (nSPS) is 23.2. The highest BCUT2D eigenvalue weighted by Crippen LogP contribution is 2.35. The molecule has 1 aliphatic carbocycles. The van der Waals surface area contributed by atoms with E-state index in [1.165, 1.54) is 30.5 Å². The predicted octanol–water partition coefficient (Wildman–Crippen LogP) is 1.43. The average molecular weight is 193 g/mol. The van der Waals surface area contributed by atoms with E-state index in [-0.39, 0.29) is 0 Å². The van der Waals surface area contributed by atoms with Crippen LogP contribution in [0.15, 0.2) is 6.20 Å². The first kappa shape index (κ1) is 9.71. The number of aromatic nitrogens is 2. The summed E-state index contributed by atoms with van der Waals surface area (Å²) < 4.78 is 2.03. The van der Waals surface area contributed by atoms with Crippen molar-refractivity contribution in [1.29, 1.82) is 0 Å². The zero-order chi connectivity index (χ0) is 10.1. The fourth-order valence-corrected chi connectivity index (χ4v) is 2.53. The summed E-state index contributed by atoms with van der Waals surface area (Å²) in [6, 6.07) is 0. The standard InChI is InChI=1S/C11H19N3/c1-8(6-12)10-5-3-4-9-7-13-14(2)11(9)10/h7-8,10H,3-6,12H2,1-2H3. The second kappa shape index (κ2) is 3.73. The number of aryl methyl sites for hydroxylation is 2. The minimum Gasteiger partial charge on any atom is -0.330 e. The molecule has 2 atom stereocenters. The molecule has 1 aliphatic rings. The smallest absolute Gasteiger partial charge is 0.0524 e. The molecule has 1 aromatic rings. The van der Waals surface area contributed by atoms with E-state index in [2.05, 4.69) is 12.0 Å². The molecule has 3 heteroatoms. The molecule has 0 saturated heterocycles. The van der Waals surface area contributed by atoms with E-state index < -0.39 is 0 Å². The molecule has 1 aromatic heterocycles. The summed E-state index contributed by atoms with van der Waals surface area (Å²) in [6.45, 7) is 3.02. The van der Waals surface area contributed by atoms with Gasteiger partial charge in [-0.05, 0) is 37.3 Å². The van der Waals surface area contributed by atoms with Crippen LogP contribution >= 0.6 is 0 Å². The molecule has 1 heterocycles. The molecular weight excluding hydrogens is 174 g/mol. The maximum absolute atomic E-state index is 5.75. The van der Waals surface area contributed by atoms with Crippen molar-refractivity contribution in [2.24, 2.45) is 18.7 Å². The fourth-order valence-electron chi connectivity index (χ4n) is 2.53. The number of hydrogen-bond donors (Lipinski definition) is 1. The lowest BCUT2D eigenvalue weighted by Crippen LogP contribution is -2.24.